The fourth-order valence-electron chi connectivity index (χ4n) is 1.99. The Morgan fingerprint density at radius 1 is 1.28 bits per heavy atom. The molecule has 94 valence electrons. The molecule has 0 aliphatic heterocycles. The Hall–Kier alpha value is -0.980. The molecule has 0 saturated carbocycles. The predicted octanol–water partition coefficient (Wildman–Crippen LogP) is 2.86. The summed E-state index contributed by atoms with van der Waals surface area (Å²) in [7, 11) is 0. The largest absolute Gasteiger partial charge is 0.271 e. The van der Waals surface area contributed by atoms with Crippen molar-refractivity contribution in [3.05, 3.63) is 62.5 Å². The van der Waals surface area contributed by atoms with Crippen molar-refractivity contribution in [2.45, 2.75) is 19.9 Å². The van der Waals surface area contributed by atoms with Crippen molar-refractivity contribution in [3.8, 4) is 0 Å². The first-order valence-corrected chi connectivity index (χ1v) is 6.84. The molecule has 4 heteroatoms. The molecule has 0 amide bonds. The number of halogens is 1. The first-order valence-electron chi connectivity index (χ1n) is 5.76. The van der Waals surface area contributed by atoms with E-state index in [-0.39, 0.29) is 6.04 Å². The van der Waals surface area contributed by atoms with E-state index in [1.54, 1.807) is 0 Å². The van der Waals surface area contributed by atoms with Crippen LogP contribution in [-0.4, -0.2) is 4.98 Å². The fourth-order valence-corrected chi connectivity index (χ4v) is 2.67. The topological polar surface area (TPSA) is 50.9 Å². The van der Waals surface area contributed by atoms with Gasteiger partial charge in [-0.1, -0.05) is 24.3 Å². The zero-order valence-electron chi connectivity index (χ0n) is 10.4. The van der Waals surface area contributed by atoms with Crippen LogP contribution in [0.25, 0.3) is 0 Å². The van der Waals surface area contributed by atoms with Gasteiger partial charge in [-0.15, -0.1) is 0 Å². The SMILES string of the molecule is Cc1cncc(C(NN)c2cccc(C)c2I)c1. The van der Waals surface area contributed by atoms with Gasteiger partial charge in [0.2, 0.25) is 0 Å². The summed E-state index contributed by atoms with van der Waals surface area (Å²) in [4.78, 5) is 4.23. The Labute approximate surface area is 121 Å². The second-order valence-corrected chi connectivity index (χ2v) is 5.45. The molecule has 3 N–H and O–H groups in total. The van der Waals surface area contributed by atoms with Gasteiger partial charge in [-0.25, -0.2) is 5.43 Å². The summed E-state index contributed by atoms with van der Waals surface area (Å²) < 4.78 is 1.24. The quantitative estimate of drug-likeness (QED) is 0.507. The lowest BCUT2D eigenvalue weighted by Crippen LogP contribution is -2.29. The predicted molar refractivity (Wildman–Crippen MR) is 82.0 cm³/mol. The first kappa shape index (κ1) is 13.5. The van der Waals surface area contributed by atoms with Crippen molar-refractivity contribution >= 4 is 22.6 Å². The summed E-state index contributed by atoms with van der Waals surface area (Å²) in [5.41, 5.74) is 7.55. The molecular formula is C14H16IN3. The smallest absolute Gasteiger partial charge is 0.0735 e. The molecule has 0 fully saturated rings. The maximum absolute atomic E-state index is 5.72. The van der Waals surface area contributed by atoms with Gasteiger partial charge in [0.05, 0.1) is 6.04 Å². The average Bonchev–Trinajstić information content (AvgIpc) is 2.35. The number of rotatable bonds is 3. The lowest BCUT2D eigenvalue weighted by atomic mass is 9.98. The monoisotopic (exact) mass is 353 g/mol. The minimum atomic E-state index is -0.0239. The number of nitrogens with zero attached hydrogens (tertiary/aromatic N) is 1. The van der Waals surface area contributed by atoms with Crippen LogP contribution in [0.2, 0.25) is 0 Å². The standard InChI is InChI=1S/C14H16IN3/c1-9-6-11(8-17-7-9)14(18-16)12-5-3-4-10(2)13(12)15/h3-8,14,18H,16H2,1-2H3. The fraction of sp³-hybridized carbons (Fsp3) is 0.214. The molecule has 0 spiro atoms. The Morgan fingerprint density at radius 3 is 2.72 bits per heavy atom. The molecule has 1 unspecified atom stereocenters. The van der Waals surface area contributed by atoms with Crippen LogP contribution in [-0.2, 0) is 0 Å². The van der Waals surface area contributed by atoms with E-state index in [2.05, 4.69) is 64.2 Å². The van der Waals surface area contributed by atoms with Gasteiger partial charge in [0.1, 0.15) is 0 Å². The van der Waals surface area contributed by atoms with Crippen LogP contribution in [0.1, 0.15) is 28.3 Å². The number of hydrogen-bond acceptors (Lipinski definition) is 3. The Morgan fingerprint density at radius 2 is 2.06 bits per heavy atom. The Bertz CT molecular complexity index is 554. The van der Waals surface area contributed by atoms with Crippen LogP contribution in [0.15, 0.2) is 36.7 Å². The van der Waals surface area contributed by atoms with Gasteiger partial charge in [0, 0.05) is 16.0 Å². The zero-order chi connectivity index (χ0) is 13.1. The Kier molecular flexibility index (Phi) is 4.31. The van der Waals surface area contributed by atoms with E-state index in [9.17, 15) is 0 Å². The molecule has 0 bridgehead atoms. The number of hydrogen-bond donors (Lipinski definition) is 2. The molecule has 0 saturated heterocycles. The molecule has 1 heterocycles. The van der Waals surface area contributed by atoms with E-state index < -0.39 is 0 Å². The molecule has 3 nitrogen and oxygen atoms in total. The molecule has 2 rings (SSSR count). The molecular weight excluding hydrogens is 337 g/mol. The summed E-state index contributed by atoms with van der Waals surface area (Å²) in [6, 6.07) is 8.34. The first-order chi connectivity index (χ1) is 8.63. The lowest BCUT2D eigenvalue weighted by molar-refractivity contribution is 0.631. The summed E-state index contributed by atoms with van der Waals surface area (Å²) in [6.07, 6.45) is 3.70. The summed E-state index contributed by atoms with van der Waals surface area (Å²) in [5.74, 6) is 5.72. The van der Waals surface area contributed by atoms with Gasteiger partial charge >= 0.3 is 0 Å². The highest BCUT2D eigenvalue weighted by Crippen LogP contribution is 2.27. The van der Waals surface area contributed by atoms with E-state index in [1.165, 1.54) is 14.7 Å². The normalized spacial score (nSPS) is 12.4. The van der Waals surface area contributed by atoms with Crippen LogP contribution >= 0.6 is 22.6 Å². The molecule has 1 aromatic carbocycles. The van der Waals surface area contributed by atoms with Gasteiger partial charge in [-0.3, -0.25) is 10.8 Å². The van der Waals surface area contributed by atoms with Gasteiger partial charge in [-0.05, 0) is 58.7 Å². The van der Waals surface area contributed by atoms with Gasteiger partial charge in [0.15, 0.2) is 0 Å². The third-order valence-corrected chi connectivity index (χ3v) is 4.40. The van der Waals surface area contributed by atoms with Crippen LogP contribution in [0.5, 0.6) is 0 Å². The van der Waals surface area contributed by atoms with Crippen LogP contribution in [0.3, 0.4) is 0 Å². The summed E-state index contributed by atoms with van der Waals surface area (Å²) in [6.45, 7) is 4.14. The second-order valence-electron chi connectivity index (χ2n) is 4.37. The van der Waals surface area contributed by atoms with Crippen molar-refractivity contribution in [3.63, 3.8) is 0 Å². The highest BCUT2D eigenvalue weighted by atomic mass is 127. The Balaban J connectivity index is 2.49. The average molecular weight is 353 g/mol. The number of hydrazine groups is 1. The van der Waals surface area contributed by atoms with Crippen LogP contribution in [0.4, 0.5) is 0 Å². The minimum absolute atomic E-state index is 0.0239. The highest BCUT2D eigenvalue weighted by Gasteiger charge is 2.16. The zero-order valence-corrected chi connectivity index (χ0v) is 12.6. The number of pyridine rings is 1. The van der Waals surface area contributed by atoms with E-state index in [0.717, 1.165) is 11.1 Å². The van der Waals surface area contributed by atoms with Crippen molar-refractivity contribution in [2.24, 2.45) is 5.84 Å². The molecule has 2 aromatic rings. The summed E-state index contributed by atoms with van der Waals surface area (Å²) >= 11 is 2.36. The van der Waals surface area contributed by atoms with Crippen molar-refractivity contribution in [2.75, 3.05) is 0 Å². The van der Waals surface area contributed by atoms with Crippen LogP contribution < -0.4 is 11.3 Å². The lowest BCUT2D eigenvalue weighted by Gasteiger charge is -2.19. The number of nitrogens with two attached hydrogens (primary N) is 1. The molecule has 0 aliphatic carbocycles. The van der Waals surface area contributed by atoms with Crippen LogP contribution in [0, 0.1) is 17.4 Å². The van der Waals surface area contributed by atoms with E-state index >= 15 is 0 Å². The molecule has 0 aliphatic rings. The molecule has 18 heavy (non-hydrogen) atoms. The maximum atomic E-state index is 5.72. The van der Waals surface area contributed by atoms with E-state index in [1.807, 2.05) is 19.3 Å². The van der Waals surface area contributed by atoms with E-state index in [4.69, 9.17) is 5.84 Å². The van der Waals surface area contributed by atoms with Gasteiger partial charge in [-0.2, -0.15) is 0 Å². The van der Waals surface area contributed by atoms with Crippen molar-refractivity contribution in [1.29, 1.82) is 0 Å². The van der Waals surface area contributed by atoms with E-state index in [0.29, 0.717) is 0 Å². The molecule has 0 radical (unpaired) electrons. The van der Waals surface area contributed by atoms with Gasteiger partial charge < -0.3 is 0 Å². The maximum Gasteiger partial charge on any atom is 0.0735 e. The van der Waals surface area contributed by atoms with Crippen molar-refractivity contribution < 1.29 is 0 Å². The highest BCUT2D eigenvalue weighted by molar-refractivity contribution is 14.1. The van der Waals surface area contributed by atoms with Gasteiger partial charge in [0.25, 0.3) is 0 Å². The third kappa shape index (κ3) is 2.71. The number of aryl methyl sites for hydroxylation is 2. The number of benzene rings is 1. The summed E-state index contributed by atoms with van der Waals surface area (Å²) in [5, 5.41) is 0. The third-order valence-electron chi connectivity index (χ3n) is 2.93. The number of aromatic nitrogens is 1. The number of nitrogens with one attached hydrogen (secondary N) is 1. The molecule has 1 atom stereocenters. The second kappa shape index (κ2) is 5.77. The van der Waals surface area contributed by atoms with Crippen molar-refractivity contribution in [1.82, 2.24) is 10.4 Å². The minimum Gasteiger partial charge on any atom is -0.271 e. The molecule has 1 aromatic heterocycles.